The van der Waals surface area contributed by atoms with Gasteiger partial charge in [-0.2, -0.15) is 0 Å². The smallest absolute Gasteiger partial charge is 0.124 e. The van der Waals surface area contributed by atoms with E-state index < -0.39 is 0 Å². The van der Waals surface area contributed by atoms with E-state index in [9.17, 15) is 0 Å². The van der Waals surface area contributed by atoms with Crippen molar-refractivity contribution in [2.24, 2.45) is 0 Å². The van der Waals surface area contributed by atoms with Gasteiger partial charge in [-0.1, -0.05) is 0 Å². The number of rotatable bonds is 4. The van der Waals surface area contributed by atoms with Crippen molar-refractivity contribution in [2.45, 2.75) is 0 Å². The van der Waals surface area contributed by atoms with Gasteiger partial charge < -0.3 is 14.8 Å². The molecule has 1 N–H and O–H groups in total. The van der Waals surface area contributed by atoms with Crippen LogP contribution in [0.15, 0.2) is 41.1 Å². The third-order valence-corrected chi connectivity index (χ3v) is 3.03. The third-order valence-electron chi connectivity index (χ3n) is 2.40. The van der Waals surface area contributed by atoms with Gasteiger partial charge in [-0.25, -0.2) is 0 Å². The van der Waals surface area contributed by atoms with Gasteiger partial charge >= 0.3 is 0 Å². The maximum Gasteiger partial charge on any atom is 0.124 e. The van der Waals surface area contributed by atoms with E-state index >= 15 is 0 Å². The Hall–Kier alpha value is -1.75. The molecule has 0 aliphatic heterocycles. The molecule has 0 saturated heterocycles. The van der Waals surface area contributed by atoms with Crippen LogP contribution in [0.25, 0.3) is 0 Å². The number of nitrogens with one attached hydrogen (secondary N) is 1. The molecular formula is C13H13BrN2O2. The van der Waals surface area contributed by atoms with Gasteiger partial charge in [0.15, 0.2) is 0 Å². The number of halogens is 1. The van der Waals surface area contributed by atoms with E-state index in [2.05, 4.69) is 26.2 Å². The van der Waals surface area contributed by atoms with Crippen LogP contribution < -0.4 is 14.8 Å². The second kappa shape index (κ2) is 5.73. The van der Waals surface area contributed by atoms with Crippen LogP contribution in [0, 0.1) is 0 Å². The predicted molar refractivity (Wildman–Crippen MR) is 74.8 cm³/mol. The van der Waals surface area contributed by atoms with Gasteiger partial charge in [0.1, 0.15) is 11.5 Å². The van der Waals surface area contributed by atoms with Gasteiger partial charge in [0.05, 0.1) is 24.4 Å². The summed E-state index contributed by atoms with van der Waals surface area (Å²) in [4.78, 5) is 4.02. The molecule has 1 aromatic heterocycles. The van der Waals surface area contributed by atoms with Crippen LogP contribution in [0.1, 0.15) is 0 Å². The summed E-state index contributed by atoms with van der Waals surface area (Å²) in [7, 11) is 3.25. The fourth-order valence-corrected chi connectivity index (χ4v) is 1.86. The molecule has 2 aromatic rings. The Labute approximate surface area is 114 Å². The number of pyridine rings is 1. The Balaban J connectivity index is 2.31. The first-order valence-corrected chi connectivity index (χ1v) is 6.12. The van der Waals surface area contributed by atoms with Crippen molar-refractivity contribution in [3.05, 3.63) is 41.1 Å². The normalized spacial score (nSPS) is 9.94. The van der Waals surface area contributed by atoms with Gasteiger partial charge in [0, 0.05) is 36.3 Å². The Kier molecular flexibility index (Phi) is 4.04. The molecule has 4 nitrogen and oxygen atoms in total. The van der Waals surface area contributed by atoms with Crippen LogP contribution in [0.5, 0.6) is 11.5 Å². The van der Waals surface area contributed by atoms with E-state index in [4.69, 9.17) is 9.47 Å². The highest BCUT2D eigenvalue weighted by Crippen LogP contribution is 2.30. The molecule has 18 heavy (non-hydrogen) atoms. The number of ether oxygens (including phenoxy) is 2. The molecular weight excluding hydrogens is 296 g/mol. The molecule has 0 aliphatic carbocycles. The molecule has 1 heterocycles. The average Bonchev–Trinajstić information content (AvgIpc) is 2.41. The zero-order chi connectivity index (χ0) is 13.0. The van der Waals surface area contributed by atoms with E-state index in [0.29, 0.717) is 0 Å². The standard InChI is InChI=1S/C13H13BrN2O2/c1-17-10-5-9(6-11(7-10)18-2)16-13-3-4-15-8-12(13)14/h3-8H,1-2H3,(H,15,16). The summed E-state index contributed by atoms with van der Waals surface area (Å²) in [5.41, 5.74) is 1.82. The minimum Gasteiger partial charge on any atom is -0.497 e. The number of nitrogens with zero attached hydrogens (tertiary/aromatic N) is 1. The lowest BCUT2D eigenvalue weighted by molar-refractivity contribution is 0.395. The summed E-state index contributed by atoms with van der Waals surface area (Å²) in [5, 5.41) is 3.27. The summed E-state index contributed by atoms with van der Waals surface area (Å²) in [6.07, 6.45) is 3.46. The van der Waals surface area contributed by atoms with E-state index in [1.54, 1.807) is 26.6 Å². The molecule has 0 bridgehead atoms. The van der Waals surface area contributed by atoms with E-state index in [-0.39, 0.29) is 0 Å². The van der Waals surface area contributed by atoms with Gasteiger partial charge in [-0.05, 0) is 22.0 Å². The molecule has 0 spiro atoms. The van der Waals surface area contributed by atoms with Crippen molar-refractivity contribution in [1.82, 2.24) is 4.98 Å². The number of methoxy groups -OCH3 is 2. The Bertz CT molecular complexity index is 524. The first-order valence-electron chi connectivity index (χ1n) is 5.32. The number of aromatic nitrogens is 1. The zero-order valence-electron chi connectivity index (χ0n) is 10.1. The second-order valence-electron chi connectivity index (χ2n) is 3.58. The largest absolute Gasteiger partial charge is 0.497 e. The van der Waals surface area contributed by atoms with Crippen molar-refractivity contribution >= 4 is 27.3 Å². The Morgan fingerprint density at radius 1 is 1.11 bits per heavy atom. The number of hydrogen-bond donors (Lipinski definition) is 1. The highest BCUT2D eigenvalue weighted by molar-refractivity contribution is 9.10. The Morgan fingerprint density at radius 2 is 1.78 bits per heavy atom. The zero-order valence-corrected chi connectivity index (χ0v) is 11.7. The van der Waals surface area contributed by atoms with E-state index in [1.807, 2.05) is 24.3 Å². The monoisotopic (exact) mass is 308 g/mol. The summed E-state index contributed by atoms with van der Waals surface area (Å²) < 4.78 is 11.3. The Morgan fingerprint density at radius 3 is 2.33 bits per heavy atom. The van der Waals surface area contributed by atoms with Crippen LogP contribution in [-0.4, -0.2) is 19.2 Å². The lowest BCUT2D eigenvalue weighted by Gasteiger charge is -2.11. The van der Waals surface area contributed by atoms with Gasteiger partial charge in [0.25, 0.3) is 0 Å². The van der Waals surface area contributed by atoms with Crippen LogP contribution in [0.2, 0.25) is 0 Å². The summed E-state index contributed by atoms with van der Waals surface area (Å²) in [6.45, 7) is 0. The molecule has 0 radical (unpaired) electrons. The molecule has 1 aromatic carbocycles. The van der Waals surface area contributed by atoms with Crippen LogP contribution in [-0.2, 0) is 0 Å². The van der Waals surface area contributed by atoms with Crippen molar-refractivity contribution in [1.29, 1.82) is 0 Å². The number of hydrogen-bond acceptors (Lipinski definition) is 4. The highest BCUT2D eigenvalue weighted by atomic mass is 79.9. The number of anilines is 2. The lowest BCUT2D eigenvalue weighted by Crippen LogP contribution is -1.94. The van der Waals surface area contributed by atoms with Crippen molar-refractivity contribution in [3.8, 4) is 11.5 Å². The molecule has 0 saturated carbocycles. The fourth-order valence-electron chi connectivity index (χ4n) is 1.51. The highest BCUT2D eigenvalue weighted by Gasteiger charge is 2.04. The molecule has 94 valence electrons. The molecule has 2 rings (SSSR count). The molecule has 0 amide bonds. The molecule has 0 aliphatic rings. The quantitative estimate of drug-likeness (QED) is 0.937. The lowest BCUT2D eigenvalue weighted by atomic mass is 10.2. The summed E-state index contributed by atoms with van der Waals surface area (Å²) >= 11 is 3.44. The van der Waals surface area contributed by atoms with Crippen molar-refractivity contribution in [3.63, 3.8) is 0 Å². The predicted octanol–water partition coefficient (Wildman–Crippen LogP) is 3.60. The minimum atomic E-state index is 0.738. The molecule has 0 atom stereocenters. The summed E-state index contributed by atoms with van der Waals surface area (Å²) in [5.74, 6) is 1.48. The maximum absolute atomic E-state index is 5.22. The van der Waals surface area contributed by atoms with Crippen LogP contribution in [0.4, 0.5) is 11.4 Å². The second-order valence-corrected chi connectivity index (χ2v) is 4.44. The topological polar surface area (TPSA) is 43.4 Å². The van der Waals surface area contributed by atoms with Gasteiger partial charge in [0.2, 0.25) is 0 Å². The SMILES string of the molecule is COc1cc(Nc2ccncc2Br)cc(OC)c1. The average molecular weight is 309 g/mol. The van der Waals surface area contributed by atoms with Crippen molar-refractivity contribution in [2.75, 3.05) is 19.5 Å². The van der Waals surface area contributed by atoms with Crippen LogP contribution >= 0.6 is 15.9 Å². The summed E-state index contributed by atoms with van der Waals surface area (Å²) in [6, 6.07) is 7.51. The first kappa shape index (κ1) is 12.7. The maximum atomic E-state index is 5.22. The van der Waals surface area contributed by atoms with Gasteiger partial charge in [-0.15, -0.1) is 0 Å². The van der Waals surface area contributed by atoms with Crippen LogP contribution in [0.3, 0.4) is 0 Å². The molecule has 0 unspecified atom stereocenters. The fraction of sp³-hybridized carbons (Fsp3) is 0.154. The number of benzene rings is 1. The van der Waals surface area contributed by atoms with Gasteiger partial charge in [-0.3, -0.25) is 4.98 Å². The third kappa shape index (κ3) is 2.92. The first-order chi connectivity index (χ1) is 8.72. The van der Waals surface area contributed by atoms with E-state index in [0.717, 1.165) is 27.3 Å². The minimum absolute atomic E-state index is 0.738. The molecule has 0 fully saturated rings. The van der Waals surface area contributed by atoms with E-state index in [1.165, 1.54) is 0 Å². The molecule has 5 heteroatoms. The van der Waals surface area contributed by atoms with Crippen molar-refractivity contribution < 1.29 is 9.47 Å².